The molecule has 0 saturated heterocycles. The number of nitrogens with zero attached hydrogens (tertiary/aromatic N) is 1. The standard InChI is InChI=1S/C18H16N2O3/c1-22-18-14(9-5-11-19-18)17(21)20-16(15-10-6-12-23-15)13-7-3-2-4-8-13/h2-12,16H,1H3,(H,20,21). The molecule has 1 atom stereocenters. The second kappa shape index (κ2) is 6.79. The van der Waals surface area contributed by atoms with Gasteiger partial charge >= 0.3 is 0 Å². The highest BCUT2D eigenvalue weighted by molar-refractivity contribution is 5.96. The van der Waals surface area contributed by atoms with E-state index in [0.717, 1.165) is 5.56 Å². The lowest BCUT2D eigenvalue weighted by Gasteiger charge is -2.17. The number of carbonyl (C=O) groups is 1. The van der Waals surface area contributed by atoms with Gasteiger partial charge in [0.1, 0.15) is 17.4 Å². The minimum atomic E-state index is -0.386. The fraction of sp³-hybridized carbons (Fsp3) is 0.111. The number of hydrogen-bond acceptors (Lipinski definition) is 4. The van der Waals surface area contributed by atoms with Gasteiger partial charge in [0, 0.05) is 6.20 Å². The molecule has 1 aromatic carbocycles. The Morgan fingerprint density at radius 1 is 1.13 bits per heavy atom. The van der Waals surface area contributed by atoms with Crippen molar-refractivity contribution < 1.29 is 13.9 Å². The highest BCUT2D eigenvalue weighted by Crippen LogP contribution is 2.24. The molecule has 0 spiro atoms. The van der Waals surface area contributed by atoms with Crippen LogP contribution >= 0.6 is 0 Å². The van der Waals surface area contributed by atoms with Crippen LogP contribution in [0.3, 0.4) is 0 Å². The number of pyridine rings is 1. The van der Waals surface area contributed by atoms with Crippen molar-refractivity contribution in [3.8, 4) is 5.88 Å². The topological polar surface area (TPSA) is 64.4 Å². The van der Waals surface area contributed by atoms with Crippen LogP contribution in [0.5, 0.6) is 5.88 Å². The van der Waals surface area contributed by atoms with E-state index in [0.29, 0.717) is 11.3 Å². The van der Waals surface area contributed by atoms with Crippen molar-refractivity contribution >= 4 is 5.91 Å². The Morgan fingerprint density at radius 3 is 2.65 bits per heavy atom. The van der Waals surface area contributed by atoms with Crippen molar-refractivity contribution in [1.82, 2.24) is 10.3 Å². The van der Waals surface area contributed by atoms with Crippen molar-refractivity contribution in [1.29, 1.82) is 0 Å². The number of rotatable bonds is 5. The molecular weight excluding hydrogens is 292 g/mol. The van der Waals surface area contributed by atoms with Gasteiger partial charge in [-0.3, -0.25) is 4.79 Å². The maximum Gasteiger partial charge on any atom is 0.257 e. The predicted octanol–water partition coefficient (Wildman–Crippen LogP) is 3.20. The number of amides is 1. The van der Waals surface area contributed by atoms with Crippen LogP contribution < -0.4 is 10.1 Å². The molecule has 116 valence electrons. The molecule has 0 radical (unpaired) electrons. The van der Waals surface area contributed by atoms with Gasteiger partial charge in [0.2, 0.25) is 5.88 Å². The molecule has 0 aliphatic rings. The van der Waals surface area contributed by atoms with Crippen LogP contribution in [-0.2, 0) is 0 Å². The maximum atomic E-state index is 12.6. The molecular formula is C18H16N2O3. The first kappa shape index (κ1) is 14.8. The number of ether oxygens (including phenoxy) is 1. The molecule has 1 unspecified atom stereocenters. The molecule has 2 heterocycles. The second-order valence-corrected chi connectivity index (χ2v) is 4.89. The molecule has 0 aliphatic carbocycles. The summed E-state index contributed by atoms with van der Waals surface area (Å²) in [5.74, 6) is 0.670. The van der Waals surface area contributed by atoms with E-state index >= 15 is 0 Å². The minimum Gasteiger partial charge on any atom is -0.480 e. The van der Waals surface area contributed by atoms with Gasteiger partial charge in [-0.25, -0.2) is 4.98 Å². The lowest BCUT2D eigenvalue weighted by Crippen LogP contribution is -2.29. The first-order valence-corrected chi connectivity index (χ1v) is 7.18. The largest absolute Gasteiger partial charge is 0.480 e. The monoisotopic (exact) mass is 308 g/mol. The fourth-order valence-corrected chi connectivity index (χ4v) is 2.35. The highest BCUT2D eigenvalue weighted by atomic mass is 16.5. The SMILES string of the molecule is COc1ncccc1C(=O)NC(c1ccccc1)c1ccco1. The number of methoxy groups -OCH3 is 1. The van der Waals surface area contributed by atoms with Crippen LogP contribution in [0.15, 0.2) is 71.5 Å². The third-order valence-corrected chi connectivity index (χ3v) is 3.45. The van der Waals surface area contributed by atoms with Gasteiger partial charge in [0.25, 0.3) is 5.91 Å². The van der Waals surface area contributed by atoms with E-state index in [1.165, 1.54) is 7.11 Å². The van der Waals surface area contributed by atoms with Crippen molar-refractivity contribution in [3.63, 3.8) is 0 Å². The van der Waals surface area contributed by atoms with E-state index in [9.17, 15) is 4.79 Å². The lowest BCUT2D eigenvalue weighted by atomic mass is 10.0. The number of aromatic nitrogens is 1. The summed E-state index contributed by atoms with van der Waals surface area (Å²) in [5.41, 5.74) is 1.31. The summed E-state index contributed by atoms with van der Waals surface area (Å²) >= 11 is 0. The molecule has 0 aliphatic heterocycles. The number of carbonyl (C=O) groups excluding carboxylic acids is 1. The van der Waals surface area contributed by atoms with Crippen LogP contribution in [0.25, 0.3) is 0 Å². The zero-order valence-corrected chi connectivity index (χ0v) is 12.6. The summed E-state index contributed by atoms with van der Waals surface area (Å²) in [6.45, 7) is 0. The molecule has 0 saturated carbocycles. The number of benzene rings is 1. The van der Waals surface area contributed by atoms with E-state index in [4.69, 9.17) is 9.15 Å². The molecule has 0 bridgehead atoms. The Labute approximate surface area is 133 Å². The summed E-state index contributed by atoms with van der Waals surface area (Å²) in [6.07, 6.45) is 3.17. The highest BCUT2D eigenvalue weighted by Gasteiger charge is 2.22. The zero-order valence-electron chi connectivity index (χ0n) is 12.6. The predicted molar refractivity (Wildman–Crippen MR) is 85.2 cm³/mol. The van der Waals surface area contributed by atoms with Gasteiger partial charge < -0.3 is 14.5 Å². The molecule has 23 heavy (non-hydrogen) atoms. The van der Waals surface area contributed by atoms with Crippen molar-refractivity contribution in [3.05, 3.63) is 83.9 Å². The molecule has 5 nitrogen and oxygen atoms in total. The molecule has 3 rings (SSSR count). The molecule has 1 amide bonds. The summed E-state index contributed by atoms with van der Waals surface area (Å²) in [6, 6.07) is 16.2. The first-order valence-electron chi connectivity index (χ1n) is 7.18. The van der Waals surface area contributed by atoms with E-state index in [1.54, 1.807) is 30.7 Å². The third-order valence-electron chi connectivity index (χ3n) is 3.45. The van der Waals surface area contributed by atoms with Gasteiger partial charge in [-0.05, 0) is 29.8 Å². The Balaban J connectivity index is 1.92. The van der Waals surface area contributed by atoms with E-state index in [1.807, 2.05) is 36.4 Å². The van der Waals surface area contributed by atoms with Crippen LogP contribution in [0.1, 0.15) is 27.7 Å². The number of hydrogen-bond donors (Lipinski definition) is 1. The van der Waals surface area contributed by atoms with E-state index in [-0.39, 0.29) is 17.8 Å². The average Bonchev–Trinajstić information content (AvgIpc) is 3.14. The summed E-state index contributed by atoms with van der Waals surface area (Å²) in [7, 11) is 1.49. The Hall–Kier alpha value is -3.08. The maximum absolute atomic E-state index is 12.6. The quantitative estimate of drug-likeness (QED) is 0.786. The van der Waals surface area contributed by atoms with E-state index in [2.05, 4.69) is 10.3 Å². The van der Waals surface area contributed by atoms with Crippen LogP contribution in [0, 0.1) is 0 Å². The average molecular weight is 308 g/mol. The van der Waals surface area contributed by atoms with Gasteiger partial charge in [-0.1, -0.05) is 30.3 Å². The second-order valence-electron chi connectivity index (χ2n) is 4.89. The van der Waals surface area contributed by atoms with Crippen molar-refractivity contribution in [2.75, 3.05) is 7.11 Å². The smallest absolute Gasteiger partial charge is 0.257 e. The Bertz CT molecular complexity index is 770. The van der Waals surface area contributed by atoms with Gasteiger partial charge in [-0.15, -0.1) is 0 Å². The lowest BCUT2D eigenvalue weighted by molar-refractivity contribution is 0.0935. The van der Waals surface area contributed by atoms with Crippen LogP contribution in [0.2, 0.25) is 0 Å². The van der Waals surface area contributed by atoms with Crippen molar-refractivity contribution in [2.45, 2.75) is 6.04 Å². The third kappa shape index (κ3) is 3.23. The van der Waals surface area contributed by atoms with E-state index < -0.39 is 0 Å². The summed E-state index contributed by atoms with van der Waals surface area (Å²) < 4.78 is 10.6. The number of nitrogens with one attached hydrogen (secondary N) is 1. The first-order chi connectivity index (χ1) is 11.3. The molecule has 5 heteroatoms. The Kier molecular flexibility index (Phi) is 4.38. The summed E-state index contributed by atoms with van der Waals surface area (Å²) in [5, 5.41) is 2.97. The normalized spacial score (nSPS) is 11.7. The molecule has 1 N–H and O–H groups in total. The Morgan fingerprint density at radius 2 is 1.96 bits per heavy atom. The fourth-order valence-electron chi connectivity index (χ4n) is 2.35. The summed E-state index contributed by atoms with van der Waals surface area (Å²) in [4.78, 5) is 16.7. The molecule has 2 aromatic heterocycles. The van der Waals surface area contributed by atoms with Gasteiger partial charge in [-0.2, -0.15) is 0 Å². The minimum absolute atomic E-state index is 0.278. The van der Waals surface area contributed by atoms with Crippen molar-refractivity contribution in [2.24, 2.45) is 0 Å². The number of furan rings is 1. The van der Waals surface area contributed by atoms with Gasteiger partial charge in [0.05, 0.1) is 13.4 Å². The van der Waals surface area contributed by atoms with Gasteiger partial charge in [0.15, 0.2) is 0 Å². The molecule has 0 fully saturated rings. The molecule has 3 aromatic rings. The zero-order chi connectivity index (χ0) is 16.1. The van der Waals surface area contributed by atoms with Crippen LogP contribution in [0.4, 0.5) is 0 Å². The van der Waals surface area contributed by atoms with Crippen LogP contribution in [-0.4, -0.2) is 18.0 Å².